The Morgan fingerprint density at radius 1 is 1.53 bits per heavy atom. The van der Waals surface area contributed by atoms with Gasteiger partial charge in [0.05, 0.1) is 5.69 Å². The summed E-state index contributed by atoms with van der Waals surface area (Å²) in [5.41, 5.74) is -1.02. The highest BCUT2D eigenvalue weighted by Gasteiger charge is 2.27. The summed E-state index contributed by atoms with van der Waals surface area (Å²) in [4.78, 5) is 27.2. The highest BCUT2D eigenvalue weighted by molar-refractivity contribution is 5.82. The highest BCUT2D eigenvalue weighted by Crippen LogP contribution is 2.35. The molecule has 0 radical (unpaired) electrons. The van der Waals surface area contributed by atoms with Crippen molar-refractivity contribution < 1.29 is 14.3 Å². The summed E-state index contributed by atoms with van der Waals surface area (Å²) in [5.74, 6) is -2.91. The first-order chi connectivity index (χ1) is 7.09. The molecule has 0 aromatic carbocycles. The van der Waals surface area contributed by atoms with Gasteiger partial charge in [-0.05, 0) is 12.8 Å². The van der Waals surface area contributed by atoms with Crippen LogP contribution in [0.4, 0.5) is 4.39 Å². The molecule has 1 aliphatic carbocycles. The third kappa shape index (κ3) is 1.62. The van der Waals surface area contributed by atoms with E-state index in [0.29, 0.717) is 0 Å². The van der Waals surface area contributed by atoms with Gasteiger partial charge in [0, 0.05) is 5.92 Å². The van der Waals surface area contributed by atoms with Crippen molar-refractivity contribution in [1.29, 1.82) is 0 Å². The number of nitrogens with zero attached hydrogens (tertiary/aromatic N) is 1. The number of halogens is 1. The number of nitrogens with one attached hydrogen (secondary N) is 1. The van der Waals surface area contributed by atoms with E-state index in [2.05, 4.69) is 4.98 Å². The molecule has 1 aromatic rings. The van der Waals surface area contributed by atoms with Gasteiger partial charge in [0.25, 0.3) is 5.56 Å². The van der Waals surface area contributed by atoms with Crippen molar-refractivity contribution in [2.45, 2.75) is 25.2 Å². The molecule has 80 valence electrons. The zero-order valence-electron chi connectivity index (χ0n) is 7.79. The molecule has 0 saturated heterocycles. The van der Waals surface area contributed by atoms with Gasteiger partial charge in [-0.1, -0.05) is 6.42 Å². The molecule has 6 heteroatoms. The van der Waals surface area contributed by atoms with E-state index in [1.807, 2.05) is 4.98 Å². The Hall–Kier alpha value is -1.72. The number of hydrogen-bond donors (Lipinski definition) is 2. The van der Waals surface area contributed by atoms with Crippen molar-refractivity contribution in [1.82, 2.24) is 9.97 Å². The van der Waals surface area contributed by atoms with Crippen LogP contribution < -0.4 is 5.56 Å². The van der Waals surface area contributed by atoms with Crippen LogP contribution in [0.3, 0.4) is 0 Å². The summed E-state index contributed by atoms with van der Waals surface area (Å²) in [6, 6.07) is 0. The van der Waals surface area contributed by atoms with Crippen LogP contribution in [-0.2, 0) is 0 Å². The Balaban J connectivity index is 2.51. The maximum atomic E-state index is 13.3. The van der Waals surface area contributed by atoms with Crippen LogP contribution in [-0.4, -0.2) is 21.0 Å². The van der Waals surface area contributed by atoms with Crippen LogP contribution >= 0.6 is 0 Å². The van der Waals surface area contributed by atoms with E-state index in [9.17, 15) is 14.0 Å². The molecule has 2 rings (SSSR count). The lowest BCUT2D eigenvalue weighted by atomic mass is 9.82. The zero-order chi connectivity index (χ0) is 11.0. The second kappa shape index (κ2) is 3.45. The molecule has 1 aliphatic rings. The number of aromatic nitrogens is 2. The van der Waals surface area contributed by atoms with Crippen molar-refractivity contribution in [3.63, 3.8) is 0 Å². The maximum absolute atomic E-state index is 13.3. The number of H-pyrrole nitrogens is 1. The molecular weight excluding hydrogens is 203 g/mol. The molecule has 1 heterocycles. The Labute approximate surface area is 84.0 Å². The monoisotopic (exact) mass is 212 g/mol. The second-order valence-electron chi connectivity index (χ2n) is 3.55. The fourth-order valence-electron chi connectivity index (χ4n) is 1.53. The van der Waals surface area contributed by atoms with E-state index in [-0.39, 0.29) is 11.6 Å². The molecule has 0 aliphatic heterocycles. The lowest BCUT2D eigenvalue weighted by Gasteiger charge is -2.24. The molecule has 0 atom stereocenters. The third-order valence-electron chi connectivity index (χ3n) is 2.58. The van der Waals surface area contributed by atoms with Crippen molar-refractivity contribution >= 4 is 5.97 Å². The smallest absolute Gasteiger partial charge is 0.372 e. The van der Waals surface area contributed by atoms with E-state index < -0.39 is 23.2 Å². The van der Waals surface area contributed by atoms with Crippen LogP contribution in [0.5, 0.6) is 0 Å². The Morgan fingerprint density at radius 3 is 2.67 bits per heavy atom. The summed E-state index contributed by atoms with van der Waals surface area (Å²) < 4.78 is 13.3. The summed E-state index contributed by atoms with van der Waals surface area (Å²) in [6.45, 7) is 0. The average Bonchev–Trinajstić information content (AvgIpc) is 2.09. The molecule has 0 spiro atoms. The summed E-state index contributed by atoms with van der Waals surface area (Å²) in [5, 5.41) is 8.64. The van der Waals surface area contributed by atoms with Gasteiger partial charge in [-0.3, -0.25) is 9.78 Å². The highest BCUT2D eigenvalue weighted by atomic mass is 19.1. The van der Waals surface area contributed by atoms with Gasteiger partial charge in [-0.15, -0.1) is 0 Å². The number of carboxylic acid groups (broad SMARTS) is 1. The number of carboxylic acids is 1. The predicted molar refractivity (Wildman–Crippen MR) is 48.4 cm³/mol. The van der Waals surface area contributed by atoms with Crippen LogP contribution in [0, 0.1) is 5.82 Å². The first kappa shape index (κ1) is 9.82. The fourth-order valence-corrected chi connectivity index (χ4v) is 1.53. The Morgan fingerprint density at radius 2 is 2.20 bits per heavy atom. The Bertz CT molecular complexity index is 465. The first-order valence-electron chi connectivity index (χ1n) is 4.62. The number of carbonyl (C=O) groups is 1. The minimum absolute atomic E-state index is 0.0117. The number of rotatable bonds is 2. The third-order valence-corrected chi connectivity index (χ3v) is 2.58. The predicted octanol–water partition coefficient (Wildman–Crippen LogP) is 0.875. The van der Waals surface area contributed by atoms with Gasteiger partial charge in [0.15, 0.2) is 0 Å². The lowest BCUT2D eigenvalue weighted by molar-refractivity contribution is 0.0682. The minimum atomic E-state index is -1.35. The number of aromatic carboxylic acids is 1. The van der Waals surface area contributed by atoms with Crippen LogP contribution in [0.15, 0.2) is 4.79 Å². The van der Waals surface area contributed by atoms with Gasteiger partial charge in [-0.2, -0.15) is 4.39 Å². The molecular formula is C9H9FN2O3. The van der Waals surface area contributed by atoms with E-state index in [4.69, 9.17) is 5.11 Å². The standard InChI is InChI=1S/C9H9FN2O3/c10-5-6(4-2-1-3-4)11-7(9(14)15)12-8(5)13/h4H,1-3H2,(H,14,15)(H,11,12,13). The number of hydrogen-bond acceptors (Lipinski definition) is 3. The maximum Gasteiger partial charge on any atom is 0.372 e. The van der Waals surface area contributed by atoms with Crippen molar-refractivity contribution in [2.75, 3.05) is 0 Å². The van der Waals surface area contributed by atoms with E-state index in [1.54, 1.807) is 0 Å². The second-order valence-corrected chi connectivity index (χ2v) is 3.55. The van der Waals surface area contributed by atoms with Gasteiger partial charge in [0.2, 0.25) is 11.6 Å². The molecule has 1 fully saturated rings. The largest absolute Gasteiger partial charge is 0.475 e. The minimum Gasteiger partial charge on any atom is -0.475 e. The summed E-state index contributed by atoms with van der Waals surface area (Å²) in [7, 11) is 0. The van der Waals surface area contributed by atoms with Crippen LogP contribution in [0.25, 0.3) is 0 Å². The quantitative estimate of drug-likeness (QED) is 0.762. The van der Waals surface area contributed by atoms with Crippen molar-refractivity contribution in [3.05, 3.63) is 27.7 Å². The molecule has 0 bridgehead atoms. The molecule has 2 N–H and O–H groups in total. The number of aromatic amines is 1. The van der Waals surface area contributed by atoms with Gasteiger partial charge in [0.1, 0.15) is 0 Å². The van der Waals surface area contributed by atoms with Crippen LogP contribution in [0.2, 0.25) is 0 Å². The van der Waals surface area contributed by atoms with Crippen molar-refractivity contribution in [2.24, 2.45) is 0 Å². The average molecular weight is 212 g/mol. The summed E-state index contributed by atoms with van der Waals surface area (Å²) in [6.07, 6.45) is 2.47. The molecule has 1 saturated carbocycles. The van der Waals surface area contributed by atoms with Crippen molar-refractivity contribution in [3.8, 4) is 0 Å². The van der Waals surface area contributed by atoms with E-state index in [1.165, 1.54) is 0 Å². The molecule has 0 unspecified atom stereocenters. The Kier molecular flexibility index (Phi) is 2.26. The van der Waals surface area contributed by atoms with E-state index in [0.717, 1.165) is 19.3 Å². The van der Waals surface area contributed by atoms with E-state index >= 15 is 0 Å². The molecule has 15 heavy (non-hydrogen) atoms. The SMILES string of the molecule is O=C(O)c1nc(C2CCC2)c(F)c(=O)[nH]1. The zero-order valence-corrected chi connectivity index (χ0v) is 7.79. The van der Waals surface area contributed by atoms with Gasteiger partial charge >= 0.3 is 5.97 Å². The summed E-state index contributed by atoms with van der Waals surface area (Å²) >= 11 is 0. The lowest BCUT2D eigenvalue weighted by Crippen LogP contribution is -2.25. The first-order valence-corrected chi connectivity index (χ1v) is 4.62. The molecule has 0 amide bonds. The normalized spacial score (nSPS) is 16.1. The van der Waals surface area contributed by atoms with Gasteiger partial charge < -0.3 is 5.11 Å². The molecule has 5 nitrogen and oxygen atoms in total. The van der Waals surface area contributed by atoms with Crippen LogP contribution in [0.1, 0.15) is 41.5 Å². The van der Waals surface area contributed by atoms with Gasteiger partial charge in [-0.25, -0.2) is 9.78 Å². The topological polar surface area (TPSA) is 83.0 Å². The molecule has 1 aromatic heterocycles. The fraction of sp³-hybridized carbons (Fsp3) is 0.444.